The molecule has 0 radical (unpaired) electrons. The number of hydrogen-bond acceptors (Lipinski definition) is 2. The average molecular weight is 303 g/mol. The van der Waals surface area contributed by atoms with Gasteiger partial charge in [-0.1, -0.05) is 48.4 Å². The number of aryl methyl sites for hydroxylation is 2. The SMILES string of the molecule is CC[C@@H](NC(=O)c1ccc(C)nc1Cl)c1ccc(C)cc1. The number of halogens is 1. The van der Waals surface area contributed by atoms with Crippen LogP contribution in [-0.4, -0.2) is 10.9 Å². The predicted molar refractivity (Wildman–Crippen MR) is 85.7 cm³/mol. The van der Waals surface area contributed by atoms with Crippen LogP contribution in [0.25, 0.3) is 0 Å². The molecule has 1 heterocycles. The first kappa shape index (κ1) is 15.5. The highest BCUT2D eigenvalue weighted by molar-refractivity contribution is 6.32. The number of amides is 1. The van der Waals surface area contributed by atoms with Crippen LogP contribution in [0, 0.1) is 13.8 Å². The second-order valence-electron chi connectivity index (χ2n) is 5.14. The second kappa shape index (κ2) is 6.72. The van der Waals surface area contributed by atoms with Crippen LogP contribution in [0.2, 0.25) is 5.15 Å². The van der Waals surface area contributed by atoms with Crippen molar-refractivity contribution in [3.8, 4) is 0 Å². The minimum Gasteiger partial charge on any atom is -0.345 e. The summed E-state index contributed by atoms with van der Waals surface area (Å²) in [5, 5.41) is 3.26. The molecule has 0 aliphatic carbocycles. The largest absolute Gasteiger partial charge is 0.345 e. The van der Waals surface area contributed by atoms with Gasteiger partial charge in [-0.15, -0.1) is 0 Å². The van der Waals surface area contributed by atoms with E-state index in [1.807, 2.05) is 45.0 Å². The van der Waals surface area contributed by atoms with E-state index in [2.05, 4.69) is 10.3 Å². The lowest BCUT2D eigenvalue weighted by Crippen LogP contribution is -2.28. The fourth-order valence-electron chi connectivity index (χ4n) is 2.15. The lowest BCUT2D eigenvalue weighted by molar-refractivity contribution is 0.0935. The summed E-state index contributed by atoms with van der Waals surface area (Å²) in [5.41, 5.74) is 3.49. The van der Waals surface area contributed by atoms with Crippen LogP contribution in [0.4, 0.5) is 0 Å². The summed E-state index contributed by atoms with van der Waals surface area (Å²) in [6.07, 6.45) is 0.811. The van der Waals surface area contributed by atoms with E-state index in [1.165, 1.54) is 5.56 Å². The van der Waals surface area contributed by atoms with Crippen LogP contribution in [0.1, 0.15) is 46.6 Å². The minimum absolute atomic E-state index is 0.0320. The molecule has 110 valence electrons. The molecule has 0 saturated heterocycles. The van der Waals surface area contributed by atoms with Gasteiger partial charge in [0, 0.05) is 5.69 Å². The topological polar surface area (TPSA) is 42.0 Å². The fraction of sp³-hybridized carbons (Fsp3) is 0.294. The maximum atomic E-state index is 12.4. The fourth-order valence-corrected chi connectivity index (χ4v) is 2.43. The van der Waals surface area contributed by atoms with Crippen LogP contribution in [0.15, 0.2) is 36.4 Å². The number of hydrogen-bond donors (Lipinski definition) is 1. The summed E-state index contributed by atoms with van der Waals surface area (Å²) >= 11 is 6.05. The molecule has 0 fully saturated rings. The zero-order valence-corrected chi connectivity index (χ0v) is 13.2. The number of carbonyl (C=O) groups is 1. The number of nitrogens with zero attached hydrogens (tertiary/aromatic N) is 1. The Bertz CT molecular complexity index is 638. The summed E-state index contributed by atoms with van der Waals surface area (Å²) in [4.78, 5) is 16.5. The number of benzene rings is 1. The maximum Gasteiger partial charge on any atom is 0.254 e. The van der Waals surface area contributed by atoms with Gasteiger partial charge in [-0.05, 0) is 38.0 Å². The monoisotopic (exact) mass is 302 g/mol. The van der Waals surface area contributed by atoms with E-state index in [0.29, 0.717) is 5.56 Å². The van der Waals surface area contributed by atoms with E-state index in [9.17, 15) is 4.79 Å². The molecule has 3 nitrogen and oxygen atoms in total. The number of nitrogens with one attached hydrogen (secondary N) is 1. The molecule has 2 aromatic rings. The molecule has 1 aromatic heterocycles. The molecule has 1 N–H and O–H groups in total. The minimum atomic E-state index is -0.195. The van der Waals surface area contributed by atoms with Gasteiger partial charge in [0.1, 0.15) is 5.15 Å². The first-order valence-electron chi connectivity index (χ1n) is 7.02. The van der Waals surface area contributed by atoms with Crippen LogP contribution in [0.3, 0.4) is 0 Å². The van der Waals surface area contributed by atoms with Crippen LogP contribution in [0.5, 0.6) is 0 Å². The lowest BCUT2D eigenvalue weighted by atomic mass is 10.0. The molecule has 0 aliphatic heterocycles. The van der Waals surface area contributed by atoms with Gasteiger partial charge in [0.25, 0.3) is 5.91 Å². The highest BCUT2D eigenvalue weighted by Gasteiger charge is 2.16. The maximum absolute atomic E-state index is 12.4. The predicted octanol–water partition coefficient (Wildman–Crippen LogP) is 4.23. The smallest absolute Gasteiger partial charge is 0.254 e. The Hall–Kier alpha value is -1.87. The average Bonchev–Trinajstić information content (AvgIpc) is 2.45. The van der Waals surface area contributed by atoms with Crippen molar-refractivity contribution >= 4 is 17.5 Å². The van der Waals surface area contributed by atoms with E-state index in [0.717, 1.165) is 17.7 Å². The Labute approximate surface area is 130 Å². The third-order valence-electron chi connectivity index (χ3n) is 3.43. The molecule has 1 aromatic carbocycles. The van der Waals surface area contributed by atoms with Crippen molar-refractivity contribution < 1.29 is 4.79 Å². The van der Waals surface area contributed by atoms with E-state index in [4.69, 9.17) is 11.6 Å². The Balaban J connectivity index is 2.18. The molecule has 0 bridgehead atoms. The van der Waals surface area contributed by atoms with Gasteiger partial charge in [0.15, 0.2) is 0 Å². The van der Waals surface area contributed by atoms with Crippen molar-refractivity contribution in [1.82, 2.24) is 10.3 Å². The first-order chi connectivity index (χ1) is 10.0. The standard InChI is InChI=1S/C17H19ClN2O/c1-4-15(13-8-5-11(2)6-9-13)20-17(21)14-10-7-12(3)19-16(14)18/h5-10,15H,4H2,1-3H3,(H,20,21)/t15-/m1/s1. The quantitative estimate of drug-likeness (QED) is 0.859. The third-order valence-corrected chi connectivity index (χ3v) is 3.71. The summed E-state index contributed by atoms with van der Waals surface area (Å²) in [7, 11) is 0. The normalized spacial score (nSPS) is 12.0. The van der Waals surface area contributed by atoms with Crippen LogP contribution < -0.4 is 5.32 Å². The number of rotatable bonds is 4. The highest BCUT2D eigenvalue weighted by Crippen LogP contribution is 2.20. The zero-order valence-electron chi connectivity index (χ0n) is 12.5. The van der Waals surface area contributed by atoms with Crippen LogP contribution >= 0.6 is 11.6 Å². The van der Waals surface area contributed by atoms with E-state index < -0.39 is 0 Å². The van der Waals surface area contributed by atoms with Gasteiger partial charge in [-0.2, -0.15) is 0 Å². The molecule has 0 aliphatic rings. The highest BCUT2D eigenvalue weighted by atomic mass is 35.5. The Morgan fingerprint density at radius 2 is 1.86 bits per heavy atom. The molecule has 21 heavy (non-hydrogen) atoms. The Morgan fingerprint density at radius 1 is 1.19 bits per heavy atom. The molecular weight excluding hydrogens is 284 g/mol. The summed E-state index contributed by atoms with van der Waals surface area (Å²) in [5.74, 6) is -0.195. The van der Waals surface area contributed by atoms with Gasteiger partial charge in [0.05, 0.1) is 11.6 Å². The zero-order chi connectivity index (χ0) is 15.4. The number of carbonyl (C=O) groups excluding carboxylic acids is 1. The van der Waals surface area contributed by atoms with Crippen molar-refractivity contribution in [2.24, 2.45) is 0 Å². The van der Waals surface area contributed by atoms with Crippen molar-refractivity contribution in [1.29, 1.82) is 0 Å². The molecule has 1 atom stereocenters. The molecule has 0 spiro atoms. The third kappa shape index (κ3) is 3.82. The Kier molecular flexibility index (Phi) is 4.97. The van der Waals surface area contributed by atoms with Crippen molar-refractivity contribution in [2.75, 3.05) is 0 Å². The van der Waals surface area contributed by atoms with Crippen molar-refractivity contribution in [3.63, 3.8) is 0 Å². The van der Waals surface area contributed by atoms with Crippen molar-refractivity contribution in [2.45, 2.75) is 33.2 Å². The Morgan fingerprint density at radius 3 is 2.43 bits per heavy atom. The van der Waals surface area contributed by atoms with Crippen LogP contribution in [-0.2, 0) is 0 Å². The molecule has 4 heteroatoms. The van der Waals surface area contributed by atoms with Gasteiger partial charge in [0.2, 0.25) is 0 Å². The number of aromatic nitrogens is 1. The number of pyridine rings is 1. The molecule has 0 unspecified atom stereocenters. The van der Waals surface area contributed by atoms with Gasteiger partial charge in [-0.25, -0.2) is 4.98 Å². The van der Waals surface area contributed by atoms with Crippen molar-refractivity contribution in [3.05, 3.63) is 63.9 Å². The van der Waals surface area contributed by atoms with E-state index in [1.54, 1.807) is 12.1 Å². The van der Waals surface area contributed by atoms with E-state index >= 15 is 0 Å². The van der Waals surface area contributed by atoms with Gasteiger partial charge in [-0.3, -0.25) is 4.79 Å². The molecule has 0 saturated carbocycles. The summed E-state index contributed by atoms with van der Waals surface area (Å²) < 4.78 is 0. The molecule has 1 amide bonds. The molecular formula is C17H19ClN2O. The first-order valence-corrected chi connectivity index (χ1v) is 7.39. The second-order valence-corrected chi connectivity index (χ2v) is 5.49. The molecule has 2 rings (SSSR count). The summed E-state index contributed by atoms with van der Waals surface area (Å²) in [6.45, 7) is 5.93. The summed E-state index contributed by atoms with van der Waals surface area (Å²) in [6, 6.07) is 11.6. The van der Waals surface area contributed by atoms with Gasteiger partial charge < -0.3 is 5.32 Å². The van der Waals surface area contributed by atoms with Gasteiger partial charge >= 0.3 is 0 Å². The van der Waals surface area contributed by atoms with E-state index in [-0.39, 0.29) is 17.1 Å². The lowest BCUT2D eigenvalue weighted by Gasteiger charge is -2.18.